The van der Waals surface area contributed by atoms with Crippen LogP contribution in [-0.4, -0.2) is 28.1 Å². The average Bonchev–Trinajstić information content (AvgIpc) is 2.25. The van der Waals surface area contributed by atoms with Gasteiger partial charge in [-0.3, -0.25) is 4.79 Å². The predicted molar refractivity (Wildman–Crippen MR) is 61.7 cm³/mol. The van der Waals surface area contributed by atoms with Gasteiger partial charge in [0.05, 0.1) is 0 Å². The van der Waals surface area contributed by atoms with Crippen molar-refractivity contribution in [1.82, 2.24) is 5.32 Å². The molecular weight excluding hydrogens is 222 g/mol. The highest BCUT2D eigenvalue weighted by Crippen LogP contribution is 2.12. The zero-order valence-corrected chi connectivity index (χ0v) is 9.51. The van der Waals surface area contributed by atoms with Gasteiger partial charge in [-0.25, -0.2) is 4.79 Å². The first-order chi connectivity index (χ1) is 7.99. The lowest BCUT2D eigenvalue weighted by molar-refractivity contribution is -0.141. The normalized spacial score (nSPS) is 11.8. The van der Waals surface area contributed by atoms with Crippen LogP contribution in [0.5, 0.6) is 5.75 Å². The highest BCUT2D eigenvalue weighted by Gasteiger charge is 2.17. The number of amides is 1. The van der Waals surface area contributed by atoms with E-state index in [1.807, 2.05) is 0 Å². The summed E-state index contributed by atoms with van der Waals surface area (Å²) in [6.45, 7) is 1.29. The number of carboxylic acid groups (broad SMARTS) is 1. The van der Waals surface area contributed by atoms with E-state index < -0.39 is 12.0 Å². The van der Waals surface area contributed by atoms with Gasteiger partial charge in [0.2, 0.25) is 5.91 Å². The Bertz CT molecular complexity index is 399. The van der Waals surface area contributed by atoms with Crippen LogP contribution in [-0.2, 0) is 16.0 Å². The first-order valence-corrected chi connectivity index (χ1v) is 5.27. The molecule has 0 aliphatic heterocycles. The van der Waals surface area contributed by atoms with Crippen LogP contribution < -0.4 is 5.32 Å². The summed E-state index contributed by atoms with van der Waals surface area (Å²) in [5.74, 6) is -1.23. The molecular formula is C12H15NO4. The molecule has 92 valence electrons. The number of aryl methyl sites for hydroxylation is 1. The molecule has 0 radical (unpaired) electrons. The maximum atomic E-state index is 10.9. The number of hydrogen-bond donors (Lipinski definition) is 3. The molecule has 0 aliphatic carbocycles. The Morgan fingerprint density at radius 2 is 1.88 bits per heavy atom. The van der Waals surface area contributed by atoms with Gasteiger partial charge in [-0.05, 0) is 30.5 Å². The van der Waals surface area contributed by atoms with E-state index in [2.05, 4.69) is 5.32 Å². The highest BCUT2D eigenvalue weighted by atomic mass is 16.4. The second-order valence-electron chi connectivity index (χ2n) is 3.80. The standard InChI is InChI=1S/C12H15NO4/c1-8(14)13-11(12(16)17)7-4-9-2-5-10(15)6-3-9/h2-3,5-6,11,15H,4,7H2,1H3,(H,13,14)(H,16,17)/t11-/m0/s1. The van der Waals surface area contributed by atoms with Crippen LogP contribution in [0.3, 0.4) is 0 Å². The molecule has 0 unspecified atom stereocenters. The van der Waals surface area contributed by atoms with Crippen LogP contribution in [0.4, 0.5) is 0 Å². The number of aromatic hydroxyl groups is 1. The third-order valence-electron chi connectivity index (χ3n) is 2.33. The summed E-state index contributed by atoms with van der Waals surface area (Å²) in [7, 11) is 0. The van der Waals surface area contributed by atoms with Crippen LogP contribution in [0.25, 0.3) is 0 Å². The Hall–Kier alpha value is -2.04. The van der Waals surface area contributed by atoms with Crippen molar-refractivity contribution in [2.24, 2.45) is 0 Å². The monoisotopic (exact) mass is 237 g/mol. The fourth-order valence-corrected chi connectivity index (χ4v) is 1.48. The van der Waals surface area contributed by atoms with Gasteiger partial charge in [-0.15, -0.1) is 0 Å². The largest absolute Gasteiger partial charge is 0.508 e. The van der Waals surface area contributed by atoms with Crippen molar-refractivity contribution in [3.05, 3.63) is 29.8 Å². The van der Waals surface area contributed by atoms with Gasteiger partial charge in [0.15, 0.2) is 0 Å². The number of nitrogens with one attached hydrogen (secondary N) is 1. The maximum absolute atomic E-state index is 10.9. The van der Waals surface area contributed by atoms with Gasteiger partial charge < -0.3 is 15.5 Å². The molecule has 1 atom stereocenters. The topological polar surface area (TPSA) is 86.6 Å². The first-order valence-electron chi connectivity index (χ1n) is 5.27. The molecule has 5 nitrogen and oxygen atoms in total. The first kappa shape index (κ1) is 13.0. The number of carbonyl (C=O) groups is 2. The molecule has 0 spiro atoms. The fourth-order valence-electron chi connectivity index (χ4n) is 1.48. The zero-order chi connectivity index (χ0) is 12.8. The number of aliphatic carboxylic acids is 1. The van der Waals surface area contributed by atoms with Crippen LogP contribution in [0, 0.1) is 0 Å². The second kappa shape index (κ2) is 5.89. The van der Waals surface area contributed by atoms with Gasteiger partial charge in [0, 0.05) is 6.92 Å². The number of phenols is 1. The number of hydrogen-bond acceptors (Lipinski definition) is 3. The number of carboxylic acids is 1. The van der Waals surface area contributed by atoms with Crippen molar-refractivity contribution in [3.63, 3.8) is 0 Å². The lowest BCUT2D eigenvalue weighted by atomic mass is 10.1. The van der Waals surface area contributed by atoms with Crippen molar-refractivity contribution < 1.29 is 19.8 Å². The number of carbonyl (C=O) groups excluding carboxylic acids is 1. The summed E-state index contributed by atoms with van der Waals surface area (Å²) in [4.78, 5) is 21.7. The molecule has 1 amide bonds. The van der Waals surface area contributed by atoms with E-state index in [1.165, 1.54) is 6.92 Å². The number of benzene rings is 1. The van der Waals surface area contributed by atoms with Gasteiger partial charge in [0.25, 0.3) is 0 Å². The van der Waals surface area contributed by atoms with Gasteiger partial charge in [0.1, 0.15) is 11.8 Å². The summed E-state index contributed by atoms with van der Waals surface area (Å²) in [6, 6.07) is 5.66. The second-order valence-corrected chi connectivity index (χ2v) is 3.80. The third-order valence-corrected chi connectivity index (χ3v) is 2.33. The molecule has 1 aromatic rings. The summed E-state index contributed by atoms with van der Waals surface area (Å²) >= 11 is 0. The molecule has 17 heavy (non-hydrogen) atoms. The van der Waals surface area contributed by atoms with E-state index in [4.69, 9.17) is 10.2 Å². The average molecular weight is 237 g/mol. The molecule has 5 heteroatoms. The van der Waals surface area contributed by atoms with Gasteiger partial charge >= 0.3 is 5.97 Å². The SMILES string of the molecule is CC(=O)N[C@@H](CCc1ccc(O)cc1)C(=O)O. The van der Waals surface area contributed by atoms with E-state index in [9.17, 15) is 9.59 Å². The van der Waals surface area contributed by atoms with E-state index in [-0.39, 0.29) is 11.7 Å². The zero-order valence-electron chi connectivity index (χ0n) is 9.51. The molecule has 0 saturated heterocycles. The molecule has 0 aromatic heterocycles. The van der Waals surface area contributed by atoms with Crippen LogP contribution >= 0.6 is 0 Å². The van der Waals surface area contributed by atoms with Gasteiger partial charge in [-0.2, -0.15) is 0 Å². The van der Waals surface area contributed by atoms with E-state index in [0.29, 0.717) is 12.8 Å². The highest BCUT2D eigenvalue weighted by molar-refractivity contribution is 5.82. The lowest BCUT2D eigenvalue weighted by Gasteiger charge is -2.12. The Morgan fingerprint density at radius 1 is 1.29 bits per heavy atom. The quantitative estimate of drug-likeness (QED) is 0.710. The summed E-state index contributed by atoms with van der Waals surface area (Å²) in [6.07, 6.45) is 0.844. The van der Waals surface area contributed by atoms with Crippen molar-refractivity contribution in [2.75, 3.05) is 0 Å². The maximum Gasteiger partial charge on any atom is 0.326 e. The van der Waals surface area contributed by atoms with Crippen molar-refractivity contribution in [2.45, 2.75) is 25.8 Å². The van der Waals surface area contributed by atoms with E-state index in [0.717, 1.165) is 5.56 Å². The van der Waals surface area contributed by atoms with Crippen molar-refractivity contribution in [3.8, 4) is 5.75 Å². The number of phenolic OH excluding ortho intramolecular Hbond substituents is 1. The van der Waals surface area contributed by atoms with E-state index >= 15 is 0 Å². The Kier molecular flexibility index (Phi) is 4.51. The summed E-state index contributed by atoms with van der Waals surface area (Å²) < 4.78 is 0. The number of rotatable bonds is 5. The molecule has 0 fully saturated rings. The molecule has 1 rings (SSSR count). The molecule has 0 saturated carbocycles. The van der Waals surface area contributed by atoms with Crippen LogP contribution in [0.2, 0.25) is 0 Å². The predicted octanol–water partition coefficient (Wildman–Crippen LogP) is 0.914. The van der Waals surface area contributed by atoms with Crippen molar-refractivity contribution >= 4 is 11.9 Å². The molecule has 3 N–H and O–H groups in total. The van der Waals surface area contributed by atoms with E-state index in [1.54, 1.807) is 24.3 Å². The minimum atomic E-state index is -1.04. The van der Waals surface area contributed by atoms with Gasteiger partial charge in [-0.1, -0.05) is 12.1 Å². The fraction of sp³-hybridized carbons (Fsp3) is 0.333. The van der Waals surface area contributed by atoms with Crippen molar-refractivity contribution in [1.29, 1.82) is 0 Å². The minimum absolute atomic E-state index is 0.172. The molecule has 0 heterocycles. The molecule has 0 aliphatic rings. The minimum Gasteiger partial charge on any atom is -0.508 e. The van der Waals surface area contributed by atoms with Crippen LogP contribution in [0.15, 0.2) is 24.3 Å². The Balaban J connectivity index is 2.54. The summed E-state index contributed by atoms with van der Waals surface area (Å²) in [5.41, 5.74) is 0.916. The lowest BCUT2D eigenvalue weighted by Crippen LogP contribution is -2.39. The molecule has 0 bridgehead atoms. The molecule has 1 aromatic carbocycles. The Labute approximate surface area is 99.1 Å². The Morgan fingerprint density at radius 3 is 2.35 bits per heavy atom. The third kappa shape index (κ3) is 4.55. The van der Waals surface area contributed by atoms with Crippen LogP contribution in [0.1, 0.15) is 18.9 Å². The summed E-state index contributed by atoms with van der Waals surface area (Å²) in [5, 5.41) is 20.4. The smallest absolute Gasteiger partial charge is 0.326 e.